The molecule has 3 N–H and O–H groups in total. The molecule has 0 aliphatic carbocycles. The maximum absolute atomic E-state index is 11.7. The second kappa shape index (κ2) is 10.9. The summed E-state index contributed by atoms with van der Waals surface area (Å²) in [6.45, 7) is 2.71. The predicted molar refractivity (Wildman–Crippen MR) is 88.6 cm³/mol. The summed E-state index contributed by atoms with van der Waals surface area (Å²) in [6, 6.07) is 9.78. The molecule has 116 valence electrons. The van der Waals surface area contributed by atoms with Crippen molar-refractivity contribution in [3.05, 3.63) is 35.9 Å². The molecule has 20 heavy (non-hydrogen) atoms. The fourth-order valence-electron chi connectivity index (χ4n) is 1.53. The molecule has 0 aromatic heterocycles. The van der Waals surface area contributed by atoms with Gasteiger partial charge in [0.05, 0.1) is 0 Å². The number of rotatable bonds is 6. The first-order valence-corrected chi connectivity index (χ1v) is 6.24. The maximum Gasteiger partial charge on any atom is 0.221 e. The van der Waals surface area contributed by atoms with Crippen LogP contribution >= 0.6 is 24.8 Å². The highest BCUT2D eigenvalue weighted by atomic mass is 35.5. The summed E-state index contributed by atoms with van der Waals surface area (Å²) < 4.78 is 0. The van der Waals surface area contributed by atoms with Gasteiger partial charge >= 0.3 is 0 Å². The average molecular weight is 322 g/mol. The van der Waals surface area contributed by atoms with Gasteiger partial charge in [-0.15, -0.1) is 24.8 Å². The number of nitrogens with zero attached hydrogens (tertiary/aromatic N) is 1. The summed E-state index contributed by atoms with van der Waals surface area (Å²) in [6.07, 6.45) is 0.324. The van der Waals surface area contributed by atoms with E-state index in [2.05, 4.69) is 17.1 Å². The molecule has 0 heterocycles. The van der Waals surface area contributed by atoms with Gasteiger partial charge in [-0.05, 0) is 26.6 Å². The lowest BCUT2D eigenvalue weighted by Crippen LogP contribution is -2.39. The minimum absolute atomic E-state index is 0. The number of benzene rings is 1. The van der Waals surface area contributed by atoms with Crippen LogP contribution in [0.5, 0.6) is 0 Å². The van der Waals surface area contributed by atoms with E-state index in [1.807, 2.05) is 44.4 Å². The molecular formula is C14H25Cl2N3O. The van der Waals surface area contributed by atoms with Gasteiger partial charge in [-0.25, -0.2) is 0 Å². The van der Waals surface area contributed by atoms with Gasteiger partial charge in [-0.1, -0.05) is 30.3 Å². The molecule has 0 aliphatic heterocycles. The van der Waals surface area contributed by atoms with E-state index in [1.165, 1.54) is 0 Å². The quantitative estimate of drug-likeness (QED) is 0.842. The number of halogens is 2. The van der Waals surface area contributed by atoms with E-state index < -0.39 is 0 Å². The molecular weight excluding hydrogens is 297 g/mol. The molecule has 0 radical (unpaired) electrons. The van der Waals surface area contributed by atoms with E-state index in [9.17, 15) is 4.79 Å². The third kappa shape index (κ3) is 7.70. The van der Waals surface area contributed by atoms with Crippen LogP contribution in [0.25, 0.3) is 0 Å². The molecule has 1 aromatic carbocycles. The third-order valence-electron chi connectivity index (χ3n) is 3.11. The SMILES string of the molecule is CC(CNC(=O)CC(N)c1ccccc1)N(C)C.Cl.Cl. The van der Waals surface area contributed by atoms with Gasteiger partial charge in [0.1, 0.15) is 0 Å². The van der Waals surface area contributed by atoms with Gasteiger partial charge in [0.2, 0.25) is 5.91 Å². The molecule has 4 nitrogen and oxygen atoms in total. The predicted octanol–water partition coefficient (Wildman–Crippen LogP) is 1.99. The Balaban J connectivity index is 0. The van der Waals surface area contributed by atoms with E-state index in [4.69, 9.17) is 5.73 Å². The first kappa shape index (κ1) is 21.5. The van der Waals surface area contributed by atoms with Crippen LogP contribution < -0.4 is 11.1 Å². The zero-order chi connectivity index (χ0) is 13.5. The Kier molecular flexibility index (Phi) is 11.7. The highest BCUT2D eigenvalue weighted by Crippen LogP contribution is 2.12. The fourth-order valence-corrected chi connectivity index (χ4v) is 1.53. The van der Waals surface area contributed by atoms with Crippen molar-refractivity contribution in [3.63, 3.8) is 0 Å². The Morgan fingerprint density at radius 1 is 1.25 bits per heavy atom. The van der Waals surface area contributed by atoms with Crippen LogP contribution in [0, 0.1) is 0 Å². The topological polar surface area (TPSA) is 58.4 Å². The molecule has 0 fully saturated rings. The Bertz CT molecular complexity index is 374. The van der Waals surface area contributed by atoms with Gasteiger partial charge in [0.15, 0.2) is 0 Å². The molecule has 1 rings (SSSR count). The van der Waals surface area contributed by atoms with Crippen molar-refractivity contribution in [2.24, 2.45) is 5.73 Å². The zero-order valence-corrected chi connectivity index (χ0v) is 13.8. The van der Waals surface area contributed by atoms with E-state index in [1.54, 1.807) is 0 Å². The van der Waals surface area contributed by atoms with Crippen molar-refractivity contribution in [2.45, 2.75) is 25.4 Å². The van der Waals surface area contributed by atoms with E-state index >= 15 is 0 Å². The lowest BCUT2D eigenvalue weighted by atomic mass is 10.0. The normalized spacial score (nSPS) is 12.8. The first-order chi connectivity index (χ1) is 8.50. The number of carbonyl (C=O) groups excluding carboxylic acids is 1. The molecule has 0 bridgehead atoms. The van der Waals surface area contributed by atoms with Crippen LogP contribution in [0.4, 0.5) is 0 Å². The number of hydrogen-bond donors (Lipinski definition) is 2. The smallest absolute Gasteiger partial charge is 0.221 e. The third-order valence-corrected chi connectivity index (χ3v) is 3.11. The van der Waals surface area contributed by atoms with Crippen molar-refractivity contribution in [2.75, 3.05) is 20.6 Å². The standard InChI is InChI=1S/C14H23N3O.2ClH/c1-11(17(2)3)10-16-14(18)9-13(15)12-7-5-4-6-8-12;;/h4-8,11,13H,9-10,15H2,1-3H3,(H,16,18);2*1H. The molecule has 1 amide bonds. The van der Waals surface area contributed by atoms with Crippen LogP contribution in [0.3, 0.4) is 0 Å². The second-order valence-electron chi connectivity index (χ2n) is 4.84. The van der Waals surface area contributed by atoms with Gasteiger partial charge < -0.3 is 16.0 Å². The summed E-state index contributed by atoms with van der Waals surface area (Å²) in [5, 5.41) is 2.90. The Morgan fingerprint density at radius 3 is 2.30 bits per heavy atom. The molecule has 1 aromatic rings. The van der Waals surface area contributed by atoms with Crippen molar-refractivity contribution in [1.29, 1.82) is 0 Å². The largest absolute Gasteiger partial charge is 0.354 e. The summed E-state index contributed by atoms with van der Waals surface area (Å²) in [5.74, 6) is 0.0000491. The van der Waals surface area contributed by atoms with Crippen LogP contribution in [0.2, 0.25) is 0 Å². The number of carbonyl (C=O) groups is 1. The fraction of sp³-hybridized carbons (Fsp3) is 0.500. The summed E-state index contributed by atoms with van der Waals surface area (Å²) in [5.41, 5.74) is 6.98. The van der Waals surface area contributed by atoms with Crippen LogP contribution in [-0.4, -0.2) is 37.5 Å². The first-order valence-electron chi connectivity index (χ1n) is 6.24. The monoisotopic (exact) mass is 321 g/mol. The highest BCUT2D eigenvalue weighted by molar-refractivity contribution is 5.85. The zero-order valence-electron chi connectivity index (χ0n) is 12.2. The molecule has 0 saturated heterocycles. The highest BCUT2D eigenvalue weighted by Gasteiger charge is 2.12. The number of amides is 1. The number of hydrogen-bond acceptors (Lipinski definition) is 3. The molecule has 0 aliphatic rings. The number of nitrogens with two attached hydrogens (primary N) is 1. The minimum atomic E-state index is -0.235. The Labute approximate surface area is 133 Å². The van der Waals surface area contributed by atoms with Crippen molar-refractivity contribution < 1.29 is 4.79 Å². The van der Waals surface area contributed by atoms with Crippen molar-refractivity contribution in [3.8, 4) is 0 Å². The average Bonchev–Trinajstić information content (AvgIpc) is 2.36. The van der Waals surface area contributed by atoms with E-state index in [-0.39, 0.29) is 36.8 Å². The van der Waals surface area contributed by atoms with Gasteiger partial charge in [-0.3, -0.25) is 4.79 Å². The number of nitrogens with one attached hydrogen (secondary N) is 1. The lowest BCUT2D eigenvalue weighted by Gasteiger charge is -2.20. The van der Waals surface area contributed by atoms with E-state index in [0.29, 0.717) is 19.0 Å². The van der Waals surface area contributed by atoms with Gasteiger partial charge in [0, 0.05) is 25.0 Å². The van der Waals surface area contributed by atoms with Crippen LogP contribution in [0.15, 0.2) is 30.3 Å². The van der Waals surface area contributed by atoms with Crippen molar-refractivity contribution in [1.82, 2.24) is 10.2 Å². The van der Waals surface area contributed by atoms with Gasteiger partial charge in [-0.2, -0.15) is 0 Å². The summed E-state index contributed by atoms with van der Waals surface area (Å²) in [7, 11) is 3.99. The molecule has 2 atom stereocenters. The van der Waals surface area contributed by atoms with Crippen molar-refractivity contribution >= 4 is 30.7 Å². The van der Waals surface area contributed by atoms with Crippen LogP contribution in [-0.2, 0) is 4.79 Å². The molecule has 0 spiro atoms. The molecule has 0 saturated carbocycles. The summed E-state index contributed by atoms with van der Waals surface area (Å²) in [4.78, 5) is 13.8. The van der Waals surface area contributed by atoms with Gasteiger partial charge in [0.25, 0.3) is 0 Å². The van der Waals surface area contributed by atoms with E-state index in [0.717, 1.165) is 5.56 Å². The number of likely N-dealkylation sites (N-methyl/N-ethyl adjacent to an activating group) is 1. The molecule has 6 heteroatoms. The lowest BCUT2D eigenvalue weighted by molar-refractivity contribution is -0.121. The maximum atomic E-state index is 11.7. The second-order valence-corrected chi connectivity index (χ2v) is 4.84. The Hall–Kier alpha value is -0.810. The summed E-state index contributed by atoms with van der Waals surface area (Å²) >= 11 is 0. The minimum Gasteiger partial charge on any atom is -0.354 e. The molecule has 2 unspecified atom stereocenters. The Morgan fingerprint density at radius 2 is 1.80 bits per heavy atom. The van der Waals surface area contributed by atoms with Crippen LogP contribution in [0.1, 0.15) is 24.9 Å².